The normalized spacial score (nSPS) is 15.7. The molecule has 0 bridgehead atoms. The van der Waals surface area contributed by atoms with E-state index < -0.39 is 24.3 Å². The average Bonchev–Trinajstić information content (AvgIpc) is 2.39. The highest BCUT2D eigenvalue weighted by Gasteiger charge is 2.36. The lowest BCUT2D eigenvalue weighted by atomic mass is 10.0. The van der Waals surface area contributed by atoms with Crippen molar-refractivity contribution >= 4 is 5.97 Å². The minimum Gasteiger partial charge on any atom is -0.479 e. The minimum absolute atomic E-state index is 0.433. The maximum atomic E-state index is 11.1. The van der Waals surface area contributed by atoms with Crippen LogP contribution in [0.3, 0.4) is 0 Å². The maximum Gasteiger partial charge on any atom is 0.338 e. The minimum atomic E-state index is -1.61. The fourth-order valence-corrected chi connectivity index (χ4v) is 1.54. The first-order valence-corrected chi connectivity index (χ1v) is 5.71. The molecular weight excluding hydrogens is 232 g/mol. The Morgan fingerprint density at radius 1 is 1.50 bits per heavy atom. The smallest absolute Gasteiger partial charge is 0.338 e. The van der Waals surface area contributed by atoms with Crippen LogP contribution in [0.4, 0.5) is 0 Å². The zero-order chi connectivity index (χ0) is 13.6. The van der Waals surface area contributed by atoms with Gasteiger partial charge in [-0.15, -0.1) is 6.58 Å². The number of carbonyl (C=O) groups is 1. The van der Waals surface area contributed by atoms with Gasteiger partial charge >= 0.3 is 5.97 Å². The zero-order valence-corrected chi connectivity index (χ0v) is 10.4. The Labute approximate surface area is 107 Å². The molecule has 2 unspecified atom stereocenters. The monoisotopic (exact) mass is 250 g/mol. The summed E-state index contributed by atoms with van der Waals surface area (Å²) in [4.78, 5) is 11.1. The predicted molar refractivity (Wildman–Crippen MR) is 68.2 cm³/mol. The van der Waals surface area contributed by atoms with Gasteiger partial charge < -0.3 is 14.9 Å². The van der Waals surface area contributed by atoms with Gasteiger partial charge in [0.15, 0.2) is 5.60 Å². The molecule has 4 nitrogen and oxygen atoms in total. The molecule has 0 amide bonds. The summed E-state index contributed by atoms with van der Waals surface area (Å²) < 4.78 is 5.55. The highest BCUT2D eigenvalue weighted by molar-refractivity contribution is 5.77. The summed E-state index contributed by atoms with van der Waals surface area (Å²) in [5.41, 5.74) is -0.748. The first kappa shape index (κ1) is 14.4. The zero-order valence-electron chi connectivity index (χ0n) is 10.4. The van der Waals surface area contributed by atoms with Crippen LogP contribution in [-0.4, -0.2) is 28.4 Å². The molecule has 1 aromatic carbocycles. The molecule has 0 aliphatic carbocycles. The van der Waals surface area contributed by atoms with E-state index in [0.717, 1.165) is 5.56 Å². The quantitative estimate of drug-likeness (QED) is 0.728. The fraction of sp³-hybridized carbons (Fsp3) is 0.357. The van der Waals surface area contributed by atoms with Crippen molar-refractivity contribution in [1.82, 2.24) is 0 Å². The van der Waals surface area contributed by atoms with Crippen molar-refractivity contribution in [2.45, 2.75) is 25.0 Å². The van der Waals surface area contributed by atoms with Crippen LogP contribution in [0.15, 0.2) is 43.0 Å². The van der Waals surface area contributed by atoms with Crippen LogP contribution in [0.1, 0.15) is 25.0 Å². The van der Waals surface area contributed by atoms with Gasteiger partial charge in [-0.05, 0) is 18.9 Å². The molecule has 4 heteroatoms. The van der Waals surface area contributed by atoms with Gasteiger partial charge in [0.25, 0.3) is 0 Å². The summed E-state index contributed by atoms with van der Waals surface area (Å²) in [6.45, 7) is 4.41. The standard InChI is InChI=1S/C14H18O4/c1-3-7-12(11-8-5-4-6-9-11)18-14(2,10-15)13(16)17/h3-6,8-9,12,15H,1,7,10H2,2H3,(H,16,17). The number of carboxylic acids is 1. The lowest BCUT2D eigenvalue weighted by Gasteiger charge is -2.28. The molecule has 0 radical (unpaired) electrons. The van der Waals surface area contributed by atoms with Crippen LogP contribution in [0, 0.1) is 0 Å². The Hall–Kier alpha value is -1.65. The van der Waals surface area contributed by atoms with Gasteiger partial charge in [0.05, 0.1) is 12.7 Å². The molecule has 0 aliphatic rings. The molecule has 0 spiro atoms. The van der Waals surface area contributed by atoms with E-state index in [-0.39, 0.29) is 0 Å². The topological polar surface area (TPSA) is 66.8 Å². The van der Waals surface area contributed by atoms with Gasteiger partial charge in [0.1, 0.15) is 0 Å². The van der Waals surface area contributed by atoms with Gasteiger partial charge in [0.2, 0.25) is 0 Å². The summed E-state index contributed by atoms with van der Waals surface area (Å²) in [5.74, 6) is -1.19. The second kappa shape index (κ2) is 6.33. The number of aliphatic hydroxyl groups is 1. The molecule has 1 aromatic rings. The molecule has 0 fully saturated rings. The maximum absolute atomic E-state index is 11.1. The first-order valence-electron chi connectivity index (χ1n) is 5.71. The van der Waals surface area contributed by atoms with E-state index in [9.17, 15) is 9.90 Å². The largest absolute Gasteiger partial charge is 0.479 e. The van der Waals surface area contributed by atoms with Crippen molar-refractivity contribution in [1.29, 1.82) is 0 Å². The molecule has 0 aliphatic heterocycles. The van der Waals surface area contributed by atoms with E-state index in [1.807, 2.05) is 30.3 Å². The lowest BCUT2D eigenvalue weighted by molar-refractivity contribution is -0.178. The number of carboxylic acid groups (broad SMARTS) is 1. The molecule has 0 saturated heterocycles. The third kappa shape index (κ3) is 3.42. The number of benzene rings is 1. The van der Waals surface area contributed by atoms with Crippen LogP contribution in [0.2, 0.25) is 0 Å². The summed E-state index contributed by atoms with van der Waals surface area (Å²) in [7, 11) is 0. The summed E-state index contributed by atoms with van der Waals surface area (Å²) in [5, 5.41) is 18.3. The van der Waals surface area contributed by atoms with Crippen LogP contribution in [0.25, 0.3) is 0 Å². The number of aliphatic carboxylic acids is 1. The predicted octanol–water partition coefficient (Wildman–Crippen LogP) is 2.16. The summed E-state index contributed by atoms with van der Waals surface area (Å²) >= 11 is 0. The summed E-state index contributed by atoms with van der Waals surface area (Å²) in [6, 6.07) is 9.29. The third-order valence-corrected chi connectivity index (χ3v) is 2.71. The Morgan fingerprint density at radius 3 is 2.56 bits per heavy atom. The van der Waals surface area contributed by atoms with Crippen molar-refractivity contribution in [3.63, 3.8) is 0 Å². The van der Waals surface area contributed by atoms with Crippen LogP contribution < -0.4 is 0 Å². The average molecular weight is 250 g/mol. The van der Waals surface area contributed by atoms with Gasteiger partial charge in [-0.3, -0.25) is 0 Å². The number of hydrogen-bond donors (Lipinski definition) is 2. The van der Waals surface area contributed by atoms with Crippen LogP contribution >= 0.6 is 0 Å². The number of aliphatic hydroxyl groups excluding tert-OH is 1. The molecular formula is C14H18O4. The van der Waals surface area contributed by atoms with Crippen LogP contribution in [-0.2, 0) is 9.53 Å². The van der Waals surface area contributed by atoms with Gasteiger partial charge in [-0.2, -0.15) is 0 Å². The molecule has 0 heterocycles. The number of rotatable bonds is 7. The van der Waals surface area contributed by atoms with Crippen molar-refractivity contribution in [2.24, 2.45) is 0 Å². The van der Waals surface area contributed by atoms with Crippen molar-refractivity contribution in [3.8, 4) is 0 Å². The molecule has 0 saturated carbocycles. The second-order valence-electron chi connectivity index (χ2n) is 4.24. The fourth-order valence-electron chi connectivity index (χ4n) is 1.54. The van der Waals surface area contributed by atoms with E-state index in [4.69, 9.17) is 9.84 Å². The molecule has 0 aromatic heterocycles. The van der Waals surface area contributed by atoms with Gasteiger partial charge in [-0.25, -0.2) is 4.79 Å². The second-order valence-corrected chi connectivity index (χ2v) is 4.24. The Balaban J connectivity index is 2.93. The highest BCUT2D eigenvalue weighted by Crippen LogP contribution is 2.27. The van der Waals surface area contributed by atoms with Crippen molar-refractivity contribution in [2.75, 3.05) is 6.61 Å². The Bertz CT molecular complexity index is 402. The highest BCUT2D eigenvalue weighted by atomic mass is 16.5. The van der Waals surface area contributed by atoms with E-state index in [0.29, 0.717) is 6.42 Å². The van der Waals surface area contributed by atoms with E-state index in [1.54, 1.807) is 6.08 Å². The van der Waals surface area contributed by atoms with Gasteiger partial charge in [0, 0.05) is 0 Å². The first-order chi connectivity index (χ1) is 8.53. The molecule has 2 N–H and O–H groups in total. The van der Waals surface area contributed by atoms with Crippen molar-refractivity contribution in [3.05, 3.63) is 48.6 Å². The van der Waals surface area contributed by atoms with E-state index in [1.165, 1.54) is 6.92 Å². The Morgan fingerprint density at radius 2 is 2.11 bits per heavy atom. The third-order valence-electron chi connectivity index (χ3n) is 2.71. The van der Waals surface area contributed by atoms with E-state index in [2.05, 4.69) is 6.58 Å². The SMILES string of the molecule is C=CCC(OC(C)(CO)C(=O)O)c1ccccc1. The molecule has 2 atom stereocenters. The Kier molecular flexibility index (Phi) is 5.07. The van der Waals surface area contributed by atoms with E-state index >= 15 is 0 Å². The molecule has 98 valence electrons. The van der Waals surface area contributed by atoms with Gasteiger partial charge in [-0.1, -0.05) is 36.4 Å². The number of hydrogen-bond acceptors (Lipinski definition) is 3. The summed E-state index contributed by atoms with van der Waals surface area (Å²) in [6.07, 6.45) is 1.71. The lowest BCUT2D eigenvalue weighted by Crippen LogP contribution is -2.43. The number of ether oxygens (including phenoxy) is 1. The van der Waals surface area contributed by atoms with Crippen molar-refractivity contribution < 1.29 is 19.7 Å². The molecule has 1 rings (SSSR count). The van der Waals surface area contributed by atoms with Crippen LogP contribution in [0.5, 0.6) is 0 Å². The molecule has 18 heavy (non-hydrogen) atoms.